The molecule has 0 bridgehead atoms. The van der Waals surface area contributed by atoms with E-state index in [1.807, 2.05) is 10.6 Å². The van der Waals surface area contributed by atoms with Gasteiger partial charge in [-0.1, -0.05) is 39.8 Å². The molecule has 0 aromatic heterocycles. The smallest absolute Gasteiger partial charge is 0.340 e. The van der Waals surface area contributed by atoms with Crippen molar-refractivity contribution in [2.45, 2.75) is 43.9 Å². The average Bonchev–Trinajstić information content (AvgIpc) is 2.62. The zero-order chi connectivity index (χ0) is 23.0. The maximum absolute atomic E-state index is 12.8. The lowest BCUT2D eigenvalue weighted by atomic mass is 10.1. The molecular weight excluding hydrogens is 412 g/mol. The van der Waals surface area contributed by atoms with Gasteiger partial charge in [0.2, 0.25) is 5.91 Å². The number of nitrogens with two attached hydrogens (primary N) is 2. The van der Waals surface area contributed by atoms with Crippen molar-refractivity contribution in [3.05, 3.63) is 29.8 Å². The van der Waals surface area contributed by atoms with E-state index in [0.717, 1.165) is 11.8 Å². The van der Waals surface area contributed by atoms with E-state index in [1.54, 1.807) is 45.9 Å². The van der Waals surface area contributed by atoms with Crippen LogP contribution in [-0.4, -0.2) is 41.2 Å². The fourth-order valence-corrected chi connectivity index (χ4v) is 3.57. The van der Waals surface area contributed by atoms with Crippen molar-refractivity contribution < 1.29 is 28.7 Å². The van der Waals surface area contributed by atoms with Crippen LogP contribution >= 0.6 is 11.8 Å². The third-order valence-electron chi connectivity index (χ3n) is 3.82. The number of carbonyl (C=O) groups excluding carboxylic acids is 5. The number of nitrogens with one attached hydrogen (secondary N) is 2. The Hall–Kier alpha value is -3.08. The largest absolute Gasteiger partial charge is 0.448 e. The van der Waals surface area contributed by atoms with Crippen molar-refractivity contribution >= 4 is 41.6 Å². The number of esters is 1. The molecule has 30 heavy (non-hydrogen) atoms. The fourth-order valence-electron chi connectivity index (χ4n) is 2.42. The molecule has 2 atom stereocenters. The molecule has 0 radical (unpaired) electrons. The second kappa shape index (κ2) is 11.2. The summed E-state index contributed by atoms with van der Waals surface area (Å²) < 4.78 is 5.32. The van der Waals surface area contributed by atoms with E-state index >= 15 is 0 Å². The highest BCUT2D eigenvalue weighted by Crippen LogP contribution is 2.31. The van der Waals surface area contributed by atoms with Crippen molar-refractivity contribution in [1.29, 1.82) is 0 Å². The lowest BCUT2D eigenvalue weighted by Gasteiger charge is -2.22. The van der Waals surface area contributed by atoms with Crippen LogP contribution in [0.15, 0.2) is 29.2 Å². The minimum atomic E-state index is -1.25. The molecule has 0 aliphatic rings. The van der Waals surface area contributed by atoms with Gasteiger partial charge in [-0.2, -0.15) is 0 Å². The quantitative estimate of drug-likeness (QED) is 0.351. The number of benzene rings is 1. The Morgan fingerprint density at radius 2 is 1.40 bits per heavy atom. The molecule has 6 amide bonds. The van der Waals surface area contributed by atoms with Crippen LogP contribution in [0.3, 0.4) is 0 Å². The minimum Gasteiger partial charge on any atom is -0.448 e. The van der Waals surface area contributed by atoms with Gasteiger partial charge in [-0.3, -0.25) is 20.2 Å². The van der Waals surface area contributed by atoms with Crippen LogP contribution in [0.1, 0.15) is 38.1 Å². The van der Waals surface area contributed by atoms with Crippen LogP contribution in [0, 0.1) is 11.8 Å². The molecule has 0 saturated heterocycles. The molecule has 2 unspecified atom stereocenters. The number of hydrogen-bond donors (Lipinski definition) is 4. The molecule has 0 heterocycles. The lowest BCUT2D eigenvalue weighted by molar-refractivity contribution is -0.131. The predicted octanol–water partition coefficient (Wildman–Crippen LogP) is 1.37. The van der Waals surface area contributed by atoms with Gasteiger partial charge in [0, 0.05) is 4.90 Å². The molecule has 6 N–H and O–H groups in total. The second-order valence-corrected chi connectivity index (χ2v) is 8.24. The van der Waals surface area contributed by atoms with E-state index in [-0.39, 0.29) is 11.5 Å². The molecular formula is C19H26N4O6S. The molecule has 10 nitrogen and oxygen atoms in total. The molecule has 0 fully saturated rings. The number of ether oxygens (including phenoxy) is 1. The Morgan fingerprint density at radius 1 is 0.867 bits per heavy atom. The molecule has 0 spiro atoms. The first-order valence-corrected chi connectivity index (χ1v) is 9.99. The van der Waals surface area contributed by atoms with Crippen LogP contribution in [-0.2, 0) is 14.3 Å². The first-order valence-electron chi connectivity index (χ1n) is 9.11. The van der Waals surface area contributed by atoms with E-state index in [2.05, 4.69) is 0 Å². The number of amides is 6. The molecule has 1 rings (SSSR count). The number of hydrogen-bond acceptors (Lipinski definition) is 7. The first-order chi connectivity index (χ1) is 13.9. The Morgan fingerprint density at radius 3 is 1.90 bits per heavy atom. The molecule has 0 aliphatic heterocycles. The van der Waals surface area contributed by atoms with Crippen molar-refractivity contribution in [3.63, 3.8) is 0 Å². The van der Waals surface area contributed by atoms with Crippen LogP contribution in [0.2, 0.25) is 0 Å². The lowest BCUT2D eigenvalue weighted by Crippen LogP contribution is -2.45. The summed E-state index contributed by atoms with van der Waals surface area (Å²) in [6, 6.07) is 4.33. The number of primary amides is 2. The molecule has 11 heteroatoms. The molecule has 0 aliphatic carbocycles. The Balaban J connectivity index is 3.12. The van der Waals surface area contributed by atoms with Gasteiger partial charge in [-0.05, 0) is 24.0 Å². The second-order valence-electron chi connectivity index (χ2n) is 7.06. The summed E-state index contributed by atoms with van der Waals surface area (Å²) in [6.45, 7) is 6.84. The van der Waals surface area contributed by atoms with Crippen molar-refractivity contribution in [3.8, 4) is 0 Å². The predicted molar refractivity (Wildman–Crippen MR) is 110 cm³/mol. The molecule has 1 aromatic rings. The van der Waals surface area contributed by atoms with E-state index < -0.39 is 47.1 Å². The van der Waals surface area contributed by atoms with E-state index in [9.17, 15) is 24.0 Å². The van der Waals surface area contributed by atoms with Crippen molar-refractivity contribution in [2.24, 2.45) is 23.3 Å². The highest BCUT2D eigenvalue weighted by Gasteiger charge is 2.30. The topological polar surface area (TPSA) is 171 Å². The highest BCUT2D eigenvalue weighted by molar-refractivity contribution is 8.00. The van der Waals surface area contributed by atoms with Crippen LogP contribution < -0.4 is 22.1 Å². The number of thioether (sulfide) groups is 1. The monoisotopic (exact) mass is 438 g/mol. The van der Waals surface area contributed by atoms with Gasteiger partial charge < -0.3 is 16.2 Å². The van der Waals surface area contributed by atoms with Gasteiger partial charge >= 0.3 is 18.0 Å². The van der Waals surface area contributed by atoms with Crippen LogP contribution in [0.4, 0.5) is 9.59 Å². The summed E-state index contributed by atoms with van der Waals surface area (Å²) in [4.78, 5) is 59.6. The summed E-state index contributed by atoms with van der Waals surface area (Å²) in [5.74, 6) is -2.86. The first kappa shape index (κ1) is 25.0. The zero-order valence-corrected chi connectivity index (χ0v) is 17.9. The fraction of sp³-hybridized carbons (Fsp3) is 0.421. The van der Waals surface area contributed by atoms with Crippen LogP contribution in [0.25, 0.3) is 0 Å². The third kappa shape index (κ3) is 7.39. The number of rotatable bonds is 8. The summed E-state index contributed by atoms with van der Waals surface area (Å²) >= 11 is 1.06. The van der Waals surface area contributed by atoms with Crippen molar-refractivity contribution in [2.75, 3.05) is 0 Å². The van der Waals surface area contributed by atoms with E-state index in [4.69, 9.17) is 16.2 Å². The number of carbonyl (C=O) groups is 5. The normalized spacial score (nSPS) is 12.7. The standard InChI is InChI=1S/C19H26N4O6S/c1-9(2)13(15(24)22-18(20)27)29-17(26)11-7-5-6-8-12(11)30-14(10(3)4)16(25)23-19(21)28/h5-10,13-14H,1-4H3,(H3,20,22,24,27)(H3,21,23,25,28). The zero-order valence-electron chi connectivity index (χ0n) is 17.1. The van der Waals surface area contributed by atoms with Crippen LogP contribution in [0.5, 0.6) is 0 Å². The van der Waals surface area contributed by atoms with Crippen molar-refractivity contribution in [1.82, 2.24) is 10.6 Å². The maximum Gasteiger partial charge on any atom is 0.340 e. The summed E-state index contributed by atoms with van der Waals surface area (Å²) in [6.07, 6.45) is -1.25. The van der Waals surface area contributed by atoms with Gasteiger partial charge in [-0.15, -0.1) is 11.8 Å². The third-order valence-corrected chi connectivity index (χ3v) is 5.44. The SMILES string of the molecule is CC(C)C(OC(=O)c1ccccc1SC(C(=O)NC(N)=O)C(C)C)C(=O)NC(N)=O. The van der Waals surface area contributed by atoms with Gasteiger partial charge in [0.1, 0.15) is 0 Å². The average molecular weight is 439 g/mol. The summed E-state index contributed by atoms with van der Waals surface area (Å²) in [7, 11) is 0. The Labute approximate surface area is 178 Å². The van der Waals surface area contributed by atoms with Gasteiger partial charge in [0.15, 0.2) is 6.10 Å². The van der Waals surface area contributed by atoms with Gasteiger partial charge in [0.05, 0.1) is 10.8 Å². The summed E-state index contributed by atoms with van der Waals surface area (Å²) in [5, 5.41) is 3.22. The van der Waals surface area contributed by atoms with Gasteiger partial charge in [-0.25, -0.2) is 14.4 Å². The van der Waals surface area contributed by atoms with E-state index in [1.165, 1.54) is 6.07 Å². The number of imide groups is 2. The van der Waals surface area contributed by atoms with Gasteiger partial charge in [0.25, 0.3) is 5.91 Å². The molecule has 164 valence electrons. The number of urea groups is 2. The Kier molecular flexibility index (Phi) is 9.31. The van der Waals surface area contributed by atoms with E-state index in [0.29, 0.717) is 4.90 Å². The summed E-state index contributed by atoms with van der Waals surface area (Å²) in [5.41, 5.74) is 10.1. The molecule has 1 aromatic carbocycles. The maximum atomic E-state index is 12.8. The molecule has 0 saturated carbocycles. The minimum absolute atomic E-state index is 0.123. The Bertz CT molecular complexity index is 827. The highest BCUT2D eigenvalue weighted by atomic mass is 32.2.